The van der Waals surface area contributed by atoms with Gasteiger partial charge in [-0.25, -0.2) is 0 Å². The fourth-order valence-electron chi connectivity index (χ4n) is 5.45. The van der Waals surface area contributed by atoms with Gasteiger partial charge in [0.15, 0.2) is 0 Å². The first-order valence-corrected chi connectivity index (χ1v) is 14.4. The highest BCUT2D eigenvalue weighted by Gasteiger charge is 2.31. The Bertz CT molecular complexity index is 1500. The van der Waals surface area contributed by atoms with E-state index in [0.717, 1.165) is 44.8 Å². The van der Waals surface area contributed by atoms with Crippen molar-refractivity contribution in [3.8, 4) is 0 Å². The predicted octanol–water partition coefficient (Wildman–Crippen LogP) is 9.91. The van der Waals surface area contributed by atoms with Crippen LogP contribution in [0.15, 0.2) is 146 Å². The largest absolute Gasteiger partial charge is 0.416 e. The molecule has 5 aromatic carbocycles. The van der Waals surface area contributed by atoms with Crippen LogP contribution in [0.4, 0.5) is 13.2 Å². The minimum Gasteiger partial charge on any atom is -0.299 e. The lowest BCUT2D eigenvalue weighted by Gasteiger charge is -2.34. The molecule has 0 saturated carbocycles. The fourth-order valence-corrected chi connectivity index (χ4v) is 5.79. The van der Waals surface area contributed by atoms with Gasteiger partial charge >= 0.3 is 6.18 Å². The van der Waals surface area contributed by atoms with E-state index in [1.807, 2.05) is 48.5 Å². The van der Waals surface area contributed by atoms with Crippen molar-refractivity contribution in [1.82, 2.24) is 5.32 Å². The molecule has 1 unspecified atom stereocenters. The summed E-state index contributed by atoms with van der Waals surface area (Å²) in [5.74, 6) is -0.0227. The average molecular weight is 580 g/mol. The zero-order valence-electron chi connectivity index (χ0n) is 23.0. The van der Waals surface area contributed by atoms with E-state index in [9.17, 15) is 13.2 Å². The van der Waals surface area contributed by atoms with E-state index in [1.165, 1.54) is 12.1 Å². The molecule has 1 N–H and O–H groups in total. The Hall–Kier alpha value is -4.06. The second kappa shape index (κ2) is 13.7. The van der Waals surface area contributed by atoms with Crippen molar-refractivity contribution < 1.29 is 13.2 Å². The molecule has 0 heterocycles. The zero-order chi connectivity index (χ0) is 29.4. The van der Waals surface area contributed by atoms with Crippen LogP contribution in [0.3, 0.4) is 0 Å². The van der Waals surface area contributed by atoms with Crippen LogP contribution >= 0.6 is 12.2 Å². The maximum absolute atomic E-state index is 13.1. The molecule has 0 saturated heterocycles. The van der Waals surface area contributed by atoms with Crippen LogP contribution in [0.5, 0.6) is 0 Å². The van der Waals surface area contributed by atoms with Crippen molar-refractivity contribution in [2.45, 2.75) is 37.0 Å². The molecule has 5 heteroatoms. The number of benzene rings is 5. The quantitative estimate of drug-likeness (QED) is 0.156. The highest BCUT2D eigenvalue weighted by molar-refractivity contribution is 7.80. The van der Waals surface area contributed by atoms with Crippen LogP contribution in [0.1, 0.15) is 57.8 Å². The van der Waals surface area contributed by atoms with Crippen molar-refractivity contribution in [2.24, 2.45) is 0 Å². The van der Waals surface area contributed by atoms with Gasteiger partial charge in [-0.1, -0.05) is 146 Å². The van der Waals surface area contributed by atoms with Gasteiger partial charge in [0.05, 0.1) is 11.6 Å². The van der Waals surface area contributed by atoms with E-state index in [-0.39, 0.29) is 18.0 Å². The number of thiocarbonyl (C=S) groups is 1. The van der Waals surface area contributed by atoms with E-state index in [2.05, 4.69) is 78.1 Å². The maximum Gasteiger partial charge on any atom is 0.416 e. The highest BCUT2D eigenvalue weighted by Crippen LogP contribution is 2.38. The lowest BCUT2D eigenvalue weighted by molar-refractivity contribution is -0.137. The second-order valence-electron chi connectivity index (χ2n) is 10.4. The normalized spacial score (nSPS) is 13.0. The first-order valence-electron chi connectivity index (χ1n) is 14.0. The molecule has 0 aliphatic carbocycles. The number of halogens is 3. The molecule has 0 aliphatic heterocycles. The molecule has 0 fully saturated rings. The molecule has 0 radical (unpaired) electrons. The molecule has 0 amide bonds. The first kappa shape index (κ1) is 29.4. The Morgan fingerprint density at radius 3 is 1.45 bits per heavy atom. The molecule has 5 rings (SSSR count). The van der Waals surface area contributed by atoms with Gasteiger partial charge in [-0.05, 0) is 51.2 Å². The van der Waals surface area contributed by atoms with Crippen LogP contribution in [0.25, 0.3) is 0 Å². The molecule has 0 bridgehead atoms. The number of hydrogen-bond acceptors (Lipinski definition) is 2. The molecule has 0 aromatic heterocycles. The lowest BCUT2D eigenvalue weighted by atomic mass is 9.81. The van der Waals surface area contributed by atoms with Crippen molar-refractivity contribution >= 4 is 17.1 Å². The van der Waals surface area contributed by atoms with E-state index >= 15 is 0 Å². The summed E-state index contributed by atoms with van der Waals surface area (Å²) in [5.41, 5.74) is 4.72. The minimum atomic E-state index is -4.36. The molecule has 1 nitrogen and oxygen atoms in total. The summed E-state index contributed by atoms with van der Waals surface area (Å²) in [4.78, 5) is 0.794. The third-order valence-electron chi connectivity index (χ3n) is 7.53. The molecular weight excluding hydrogens is 547 g/mol. The monoisotopic (exact) mass is 579 g/mol. The first-order chi connectivity index (χ1) is 20.4. The van der Waals surface area contributed by atoms with Gasteiger partial charge in [0.25, 0.3) is 0 Å². The Labute approximate surface area is 251 Å². The standard InChI is InChI=1S/C37H32F3NS/c38-37(39,40)32-23-21-27(22-24-32)25-33(42)26-34(28-13-5-1-6-14-28)36(31-19-11-4-12-20-31)41-35(29-15-7-2-8-16-29)30-17-9-3-10-18-30/h1-24,34-36,41H,25-26H2/t34?,36-/m1/s1. The van der Waals surface area contributed by atoms with E-state index in [4.69, 9.17) is 12.2 Å². The third-order valence-corrected chi connectivity index (χ3v) is 7.84. The molecular formula is C37H32F3NS. The van der Waals surface area contributed by atoms with E-state index in [1.54, 1.807) is 0 Å². The molecule has 42 heavy (non-hydrogen) atoms. The lowest BCUT2D eigenvalue weighted by Crippen LogP contribution is -2.32. The van der Waals surface area contributed by atoms with Gasteiger partial charge in [0.1, 0.15) is 0 Å². The molecule has 0 aliphatic rings. The van der Waals surface area contributed by atoms with Crippen LogP contribution in [0, 0.1) is 0 Å². The van der Waals surface area contributed by atoms with Crippen LogP contribution in [-0.4, -0.2) is 4.86 Å². The molecule has 2 atom stereocenters. The molecule has 5 aromatic rings. The van der Waals surface area contributed by atoms with Gasteiger partial charge in [-0.15, -0.1) is 0 Å². The summed E-state index contributed by atoms with van der Waals surface area (Å²) >= 11 is 5.94. The summed E-state index contributed by atoms with van der Waals surface area (Å²) in [6.07, 6.45) is -3.34. The van der Waals surface area contributed by atoms with Gasteiger partial charge in [-0.3, -0.25) is 5.32 Å². The third kappa shape index (κ3) is 7.61. The van der Waals surface area contributed by atoms with Crippen LogP contribution in [0.2, 0.25) is 0 Å². The predicted molar refractivity (Wildman–Crippen MR) is 169 cm³/mol. The smallest absolute Gasteiger partial charge is 0.299 e. The Morgan fingerprint density at radius 2 is 1.00 bits per heavy atom. The summed E-state index contributed by atoms with van der Waals surface area (Å²) < 4.78 is 39.3. The highest BCUT2D eigenvalue weighted by atomic mass is 32.1. The average Bonchev–Trinajstić information content (AvgIpc) is 3.02. The van der Waals surface area contributed by atoms with Crippen molar-refractivity contribution in [2.75, 3.05) is 0 Å². The number of alkyl halides is 3. The number of hydrogen-bond donors (Lipinski definition) is 1. The van der Waals surface area contributed by atoms with Gasteiger partial charge in [0, 0.05) is 18.4 Å². The Balaban J connectivity index is 1.50. The summed E-state index contributed by atoms with van der Waals surface area (Å²) in [6, 6.07) is 46.7. The minimum absolute atomic E-state index is 0.0227. The SMILES string of the molecule is FC(F)(F)c1ccc(CC(=S)CC(c2ccccc2)[C@H](NC(c2ccccc2)c2ccccc2)c2ccccc2)cc1. The summed E-state index contributed by atoms with van der Waals surface area (Å²) in [6.45, 7) is 0. The Kier molecular flexibility index (Phi) is 9.63. The Morgan fingerprint density at radius 1 is 0.571 bits per heavy atom. The second-order valence-corrected chi connectivity index (χ2v) is 11.0. The van der Waals surface area contributed by atoms with E-state index < -0.39 is 11.7 Å². The summed E-state index contributed by atoms with van der Waals surface area (Å²) in [7, 11) is 0. The van der Waals surface area contributed by atoms with Gasteiger partial charge < -0.3 is 0 Å². The maximum atomic E-state index is 13.1. The van der Waals surface area contributed by atoms with Gasteiger partial charge in [0.2, 0.25) is 0 Å². The van der Waals surface area contributed by atoms with E-state index in [0.29, 0.717) is 12.8 Å². The topological polar surface area (TPSA) is 12.0 Å². The molecule has 212 valence electrons. The van der Waals surface area contributed by atoms with Crippen molar-refractivity contribution in [3.63, 3.8) is 0 Å². The van der Waals surface area contributed by atoms with Crippen LogP contribution < -0.4 is 5.32 Å². The summed E-state index contributed by atoms with van der Waals surface area (Å²) in [5, 5.41) is 4.01. The van der Waals surface area contributed by atoms with Crippen molar-refractivity contribution in [3.05, 3.63) is 179 Å². The molecule has 0 spiro atoms. The number of rotatable bonds is 11. The van der Waals surface area contributed by atoms with Crippen molar-refractivity contribution in [1.29, 1.82) is 0 Å². The fraction of sp³-hybridized carbons (Fsp3) is 0.162. The number of nitrogens with one attached hydrogen (secondary N) is 1. The zero-order valence-corrected chi connectivity index (χ0v) is 23.9. The van der Waals surface area contributed by atoms with Crippen LogP contribution in [-0.2, 0) is 12.6 Å². The van der Waals surface area contributed by atoms with Gasteiger partial charge in [-0.2, -0.15) is 13.2 Å².